The number of aromatic nitrogens is 2. The van der Waals surface area contributed by atoms with E-state index in [1.54, 1.807) is 0 Å². The molecule has 0 aliphatic rings. The molecule has 120 valence electrons. The molecule has 0 unspecified atom stereocenters. The lowest BCUT2D eigenvalue weighted by Crippen LogP contribution is -2.14. The van der Waals surface area contributed by atoms with Gasteiger partial charge < -0.3 is 9.88 Å². The van der Waals surface area contributed by atoms with E-state index in [9.17, 15) is 0 Å². The Labute approximate surface area is 138 Å². The molecule has 0 saturated carbocycles. The van der Waals surface area contributed by atoms with Gasteiger partial charge in [-0.25, -0.2) is 4.98 Å². The minimum atomic E-state index is 0.573. The fourth-order valence-electron chi connectivity index (χ4n) is 2.92. The number of likely N-dealkylation sites (N-methyl/N-ethyl adjacent to an activating group) is 1. The third-order valence-electron chi connectivity index (χ3n) is 4.32. The summed E-state index contributed by atoms with van der Waals surface area (Å²) in [5, 5.41) is 3.22. The van der Waals surface area contributed by atoms with Gasteiger partial charge in [-0.2, -0.15) is 0 Å². The van der Waals surface area contributed by atoms with Crippen LogP contribution < -0.4 is 5.32 Å². The summed E-state index contributed by atoms with van der Waals surface area (Å²) in [6, 6.07) is 17.4. The summed E-state index contributed by atoms with van der Waals surface area (Å²) < 4.78 is 2.34. The molecule has 3 rings (SSSR count). The Balaban J connectivity index is 1.94. The van der Waals surface area contributed by atoms with E-state index in [1.165, 1.54) is 16.6 Å². The number of nitrogens with zero attached hydrogens (tertiary/aromatic N) is 2. The van der Waals surface area contributed by atoms with Crippen molar-refractivity contribution in [1.82, 2.24) is 14.9 Å². The van der Waals surface area contributed by atoms with Gasteiger partial charge in [-0.15, -0.1) is 0 Å². The lowest BCUT2D eigenvalue weighted by Gasteiger charge is -2.11. The Morgan fingerprint density at radius 2 is 1.78 bits per heavy atom. The van der Waals surface area contributed by atoms with E-state index in [-0.39, 0.29) is 0 Å². The summed E-state index contributed by atoms with van der Waals surface area (Å²) in [6.45, 7) is 6.27. The molecule has 0 aliphatic carbocycles. The molecule has 1 heterocycles. The van der Waals surface area contributed by atoms with E-state index in [1.807, 2.05) is 7.05 Å². The summed E-state index contributed by atoms with van der Waals surface area (Å²) in [7, 11) is 1.98. The molecule has 3 nitrogen and oxygen atoms in total. The zero-order chi connectivity index (χ0) is 16.2. The number of rotatable bonds is 6. The van der Waals surface area contributed by atoms with Gasteiger partial charge in [0.25, 0.3) is 0 Å². The summed E-state index contributed by atoms with van der Waals surface area (Å²) in [5.74, 6) is 1.72. The van der Waals surface area contributed by atoms with E-state index >= 15 is 0 Å². The Hall–Kier alpha value is -2.13. The smallest absolute Gasteiger partial charge is 0.111 e. The molecule has 0 aliphatic heterocycles. The van der Waals surface area contributed by atoms with Gasteiger partial charge in [-0.3, -0.25) is 0 Å². The zero-order valence-electron chi connectivity index (χ0n) is 14.2. The van der Waals surface area contributed by atoms with Gasteiger partial charge in [-0.05, 0) is 36.2 Å². The largest absolute Gasteiger partial charge is 0.323 e. The van der Waals surface area contributed by atoms with Crippen molar-refractivity contribution in [2.75, 3.05) is 13.6 Å². The minimum Gasteiger partial charge on any atom is -0.323 e. The highest BCUT2D eigenvalue weighted by molar-refractivity contribution is 5.76. The highest BCUT2D eigenvalue weighted by Gasteiger charge is 2.10. The topological polar surface area (TPSA) is 29.9 Å². The Kier molecular flexibility index (Phi) is 4.77. The van der Waals surface area contributed by atoms with Crippen molar-refractivity contribution in [3.8, 4) is 0 Å². The van der Waals surface area contributed by atoms with Crippen molar-refractivity contribution in [1.29, 1.82) is 0 Å². The van der Waals surface area contributed by atoms with Gasteiger partial charge in [0.2, 0.25) is 0 Å². The van der Waals surface area contributed by atoms with Gasteiger partial charge >= 0.3 is 0 Å². The fraction of sp³-hybridized carbons (Fsp3) is 0.350. The molecule has 0 spiro atoms. The molecule has 0 atom stereocenters. The quantitative estimate of drug-likeness (QED) is 0.747. The molecular formula is C20H25N3. The average Bonchev–Trinajstić information content (AvgIpc) is 2.91. The first-order valence-corrected chi connectivity index (χ1v) is 8.36. The molecular weight excluding hydrogens is 282 g/mol. The lowest BCUT2D eigenvalue weighted by molar-refractivity contribution is 0.695. The van der Waals surface area contributed by atoms with Crippen LogP contribution in [-0.2, 0) is 13.0 Å². The SMILES string of the molecule is CNCCc1nc2ccccc2n1Cc1ccc(C(C)C)cc1. The number of fused-ring (bicyclic) bond motifs is 1. The van der Waals surface area contributed by atoms with Gasteiger partial charge in [0, 0.05) is 19.5 Å². The average molecular weight is 307 g/mol. The second-order valence-corrected chi connectivity index (χ2v) is 6.35. The number of hydrogen-bond acceptors (Lipinski definition) is 2. The third-order valence-corrected chi connectivity index (χ3v) is 4.32. The molecule has 0 radical (unpaired) electrons. The van der Waals surface area contributed by atoms with Crippen LogP contribution in [0.4, 0.5) is 0 Å². The minimum absolute atomic E-state index is 0.573. The molecule has 1 aromatic heterocycles. The van der Waals surface area contributed by atoms with Crippen molar-refractivity contribution in [2.45, 2.75) is 32.7 Å². The normalized spacial score (nSPS) is 11.5. The highest BCUT2D eigenvalue weighted by atomic mass is 15.1. The maximum absolute atomic E-state index is 4.82. The van der Waals surface area contributed by atoms with E-state index in [4.69, 9.17) is 4.98 Å². The standard InChI is InChI=1S/C20H25N3/c1-15(2)17-10-8-16(9-11-17)14-23-19-7-5-4-6-18(19)22-20(23)12-13-21-3/h4-11,15,21H,12-14H2,1-3H3. The molecule has 0 saturated heterocycles. The Morgan fingerprint density at radius 1 is 1.04 bits per heavy atom. The molecule has 3 aromatic rings. The first-order valence-electron chi connectivity index (χ1n) is 8.36. The van der Waals surface area contributed by atoms with Crippen molar-refractivity contribution in [2.24, 2.45) is 0 Å². The van der Waals surface area contributed by atoms with E-state index < -0.39 is 0 Å². The van der Waals surface area contributed by atoms with Crippen LogP contribution in [-0.4, -0.2) is 23.1 Å². The van der Waals surface area contributed by atoms with E-state index in [0.717, 1.165) is 30.9 Å². The van der Waals surface area contributed by atoms with Crippen molar-refractivity contribution >= 4 is 11.0 Å². The lowest BCUT2D eigenvalue weighted by atomic mass is 10.0. The summed E-state index contributed by atoms with van der Waals surface area (Å²) in [5.41, 5.74) is 5.01. The van der Waals surface area contributed by atoms with Crippen LogP contribution in [0.5, 0.6) is 0 Å². The number of nitrogens with one attached hydrogen (secondary N) is 1. The second kappa shape index (κ2) is 6.97. The molecule has 2 aromatic carbocycles. The molecule has 0 bridgehead atoms. The van der Waals surface area contributed by atoms with Gasteiger partial charge in [-0.1, -0.05) is 50.2 Å². The highest BCUT2D eigenvalue weighted by Crippen LogP contribution is 2.20. The number of hydrogen-bond donors (Lipinski definition) is 1. The summed E-state index contributed by atoms with van der Waals surface area (Å²) in [6.07, 6.45) is 0.940. The zero-order valence-corrected chi connectivity index (χ0v) is 14.2. The summed E-state index contributed by atoms with van der Waals surface area (Å²) in [4.78, 5) is 4.82. The first kappa shape index (κ1) is 15.8. The van der Waals surface area contributed by atoms with Crippen LogP contribution in [0, 0.1) is 0 Å². The Morgan fingerprint density at radius 3 is 2.48 bits per heavy atom. The molecule has 3 heteroatoms. The summed E-state index contributed by atoms with van der Waals surface area (Å²) >= 11 is 0. The third kappa shape index (κ3) is 3.45. The van der Waals surface area contributed by atoms with Gasteiger partial charge in [0.05, 0.1) is 11.0 Å². The molecule has 1 N–H and O–H groups in total. The van der Waals surface area contributed by atoms with Crippen molar-refractivity contribution < 1.29 is 0 Å². The van der Waals surface area contributed by atoms with Crippen LogP contribution in [0.1, 0.15) is 36.7 Å². The van der Waals surface area contributed by atoms with E-state index in [0.29, 0.717) is 5.92 Å². The molecule has 0 amide bonds. The van der Waals surface area contributed by atoms with Crippen LogP contribution >= 0.6 is 0 Å². The van der Waals surface area contributed by atoms with Crippen LogP contribution in [0.3, 0.4) is 0 Å². The van der Waals surface area contributed by atoms with Crippen LogP contribution in [0.25, 0.3) is 11.0 Å². The molecule has 23 heavy (non-hydrogen) atoms. The number of imidazole rings is 1. The van der Waals surface area contributed by atoms with Gasteiger partial charge in [0.1, 0.15) is 5.82 Å². The predicted molar refractivity (Wildman–Crippen MR) is 97.0 cm³/mol. The number of para-hydroxylation sites is 2. The second-order valence-electron chi connectivity index (χ2n) is 6.35. The van der Waals surface area contributed by atoms with Crippen molar-refractivity contribution in [3.63, 3.8) is 0 Å². The van der Waals surface area contributed by atoms with Gasteiger partial charge in [0.15, 0.2) is 0 Å². The predicted octanol–water partition coefficient (Wildman–Crippen LogP) is 3.97. The molecule has 0 fully saturated rings. The first-order chi connectivity index (χ1) is 11.2. The number of benzene rings is 2. The monoisotopic (exact) mass is 307 g/mol. The van der Waals surface area contributed by atoms with E-state index in [2.05, 4.69) is 72.3 Å². The fourth-order valence-corrected chi connectivity index (χ4v) is 2.92. The maximum atomic E-state index is 4.82. The maximum Gasteiger partial charge on any atom is 0.111 e. The van der Waals surface area contributed by atoms with Crippen LogP contribution in [0.15, 0.2) is 48.5 Å². The van der Waals surface area contributed by atoms with Crippen molar-refractivity contribution in [3.05, 3.63) is 65.5 Å². The van der Waals surface area contributed by atoms with Crippen LogP contribution in [0.2, 0.25) is 0 Å². The Bertz CT molecular complexity index is 769.